The van der Waals surface area contributed by atoms with Crippen molar-refractivity contribution in [3.8, 4) is 0 Å². The first-order chi connectivity index (χ1) is 7.83. The van der Waals surface area contributed by atoms with E-state index in [1.54, 1.807) is 45.0 Å². The van der Waals surface area contributed by atoms with Gasteiger partial charge in [0.1, 0.15) is 11.9 Å². The molecule has 0 aliphatic rings. The summed E-state index contributed by atoms with van der Waals surface area (Å²) in [5.74, 6) is -0.448. The molecule has 0 aromatic heterocycles. The van der Waals surface area contributed by atoms with Gasteiger partial charge in [-0.25, -0.2) is 4.79 Å². The lowest BCUT2D eigenvalue weighted by Crippen LogP contribution is -2.24. The van der Waals surface area contributed by atoms with Crippen molar-refractivity contribution in [2.24, 2.45) is 0 Å². The lowest BCUT2D eigenvalue weighted by molar-refractivity contribution is -0.147. The maximum Gasteiger partial charge on any atom is 0.338 e. The van der Waals surface area contributed by atoms with Crippen LogP contribution in [0.15, 0.2) is 30.8 Å². The van der Waals surface area contributed by atoms with Crippen molar-refractivity contribution in [1.29, 1.82) is 0 Å². The minimum atomic E-state index is -0.539. The first-order valence-electron chi connectivity index (χ1n) is 5.31. The van der Waals surface area contributed by atoms with Crippen LogP contribution in [0.25, 0.3) is 5.57 Å². The fourth-order valence-electron chi connectivity index (χ4n) is 1.22. The smallest absolute Gasteiger partial charge is 0.338 e. The summed E-state index contributed by atoms with van der Waals surface area (Å²) in [5.41, 5.74) is 0.968. The third-order valence-corrected chi connectivity index (χ3v) is 2.04. The topological polar surface area (TPSA) is 43.4 Å². The van der Waals surface area contributed by atoms with Crippen LogP contribution in [0.2, 0.25) is 0 Å². The van der Waals surface area contributed by atoms with E-state index in [0.717, 1.165) is 6.29 Å². The molecule has 0 N–H and O–H groups in total. The summed E-state index contributed by atoms with van der Waals surface area (Å²) >= 11 is 0. The minimum absolute atomic E-state index is 0.289. The van der Waals surface area contributed by atoms with E-state index in [1.165, 1.54) is 0 Å². The van der Waals surface area contributed by atoms with Crippen molar-refractivity contribution in [2.45, 2.75) is 26.4 Å². The maximum absolute atomic E-state index is 11.7. The molecular weight excluding hydrogens is 216 g/mol. The zero-order valence-corrected chi connectivity index (χ0v) is 10.3. The number of carbonyl (C=O) groups is 2. The van der Waals surface area contributed by atoms with Gasteiger partial charge in [0.25, 0.3) is 0 Å². The second-order valence-corrected chi connectivity index (χ2v) is 4.72. The molecule has 1 aromatic rings. The number of esters is 1. The van der Waals surface area contributed by atoms with Crippen LogP contribution in [-0.4, -0.2) is 17.9 Å². The zero-order chi connectivity index (χ0) is 13.1. The Bertz CT molecular complexity index is 436. The summed E-state index contributed by atoms with van der Waals surface area (Å²) in [7, 11) is 0. The molecule has 17 heavy (non-hydrogen) atoms. The summed E-state index contributed by atoms with van der Waals surface area (Å²) < 4.78 is 5.20. The van der Waals surface area contributed by atoms with Gasteiger partial charge in [-0.15, -0.1) is 0 Å². The predicted octanol–water partition coefficient (Wildman–Crippen LogP) is 2.85. The molecule has 0 bridgehead atoms. The average Bonchev–Trinajstić information content (AvgIpc) is 2.26. The third-order valence-electron chi connectivity index (χ3n) is 2.04. The van der Waals surface area contributed by atoms with Gasteiger partial charge < -0.3 is 4.74 Å². The number of ether oxygens (including phenoxy) is 1. The molecule has 0 atom stereocenters. The molecule has 1 aromatic carbocycles. The Morgan fingerprint density at radius 1 is 1.24 bits per heavy atom. The number of carbonyl (C=O) groups excluding carboxylic acids is 2. The predicted molar refractivity (Wildman–Crippen MR) is 66.7 cm³/mol. The van der Waals surface area contributed by atoms with Crippen LogP contribution < -0.4 is 0 Å². The zero-order valence-electron chi connectivity index (χ0n) is 10.3. The first kappa shape index (κ1) is 13.2. The van der Waals surface area contributed by atoms with E-state index < -0.39 is 11.6 Å². The Labute approximate surface area is 101 Å². The average molecular weight is 232 g/mol. The SMILES string of the molecule is C=C(C(=O)OC(C)(C)C)c1ccc(C=O)cc1. The molecular formula is C14H16O3. The van der Waals surface area contributed by atoms with E-state index in [0.29, 0.717) is 11.1 Å². The fraction of sp³-hybridized carbons (Fsp3) is 0.286. The van der Waals surface area contributed by atoms with E-state index in [4.69, 9.17) is 4.74 Å². The van der Waals surface area contributed by atoms with Crippen molar-refractivity contribution in [3.63, 3.8) is 0 Å². The molecule has 0 saturated carbocycles. The summed E-state index contributed by atoms with van der Waals surface area (Å²) in [6.45, 7) is 9.10. The van der Waals surface area contributed by atoms with Crippen LogP contribution in [0.5, 0.6) is 0 Å². The van der Waals surface area contributed by atoms with Gasteiger partial charge in [0, 0.05) is 5.56 Å². The van der Waals surface area contributed by atoms with Gasteiger partial charge in [-0.05, 0) is 26.3 Å². The summed E-state index contributed by atoms with van der Waals surface area (Å²) in [5, 5.41) is 0. The molecule has 3 heteroatoms. The van der Waals surface area contributed by atoms with Crippen molar-refractivity contribution < 1.29 is 14.3 Å². The van der Waals surface area contributed by atoms with Gasteiger partial charge in [0.05, 0.1) is 5.57 Å². The lowest BCUT2D eigenvalue weighted by atomic mass is 10.1. The molecule has 0 aliphatic heterocycles. The number of hydrogen-bond donors (Lipinski definition) is 0. The fourth-order valence-corrected chi connectivity index (χ4v) is 1.22. The van der Waals surface area contributed by atoms with Crippen LogP contribution in [-0.2, 0) is 9.53 Å². The Kier molecular flexibility index (Phi) is 3.84. The van der Waals surface area contributed by atoms with Crippen molar-refractivity contribution in [2.75, 3.05) is 0 Å². The van der Waals surface area contributed by atoms with Crippen LogP contribution in [0.4, 0.5) is 0 Å². The van der Waals surface area contributed by atoms with Gasteiger partial charge in [0.2, 0.25) is 0 Å². The molecule has 0 saturated heterocycles. The van der Waals surface area contributed by atoms with E-state index >= 15 is 0 Å². The van der Waals surface area contributed by atoms with Crippen molar-refractivity contribution in [1.82, 2.24) is 0 Å². The molecule has 0 fully saturated rings. The number of hydrogen-bond acceptors (Lipinski definition) is 3. The molecule has 0 heterocycles. The van der Waals surface area contributed by atoms with Gasteiger partial charge >= 0.3 is 5.97 Å². The Morgan fingerprint density at radius 2 is 1.76 bits per heavy atom. The van der Waals surface area contributed by atoms with Gasteiger partial charge in [-0.1, -0.05) is 30.8 Å². The lowest BCUT2D eigenvalue weighted by Gasteiger charge is -2.20. The first-order valence-corrected chi connectivity index (χ1v) is 5.31. The Hall–Kier alpha value is -1.90. The van der Waals surface area contributed by atoms with Crippen LogP contribution >= 0.6 is 0 Å². The normalized spacial score (nSPS) is 10.8. The monoisotopic (exact) mass is 232 g/mol. The number of rotatable bonds is 3. The van der Waals surface area contributed by atoms with Crippen LogP contribution in [0.3, 0.4) is 0 Å². The highest BCUT2D eigenvalue weighted by molar-refractivity contribution is 6.15. The van der Waals surface area contributed by atoms with Gasteiger partial charge in [-0.3, -0.25) is 4.79 Å². The van der Waals surface area contributed by atoms with E-state index in [9.17, 15) is 9.59 Å². The number of aldehydes is 1. The molecule has 0 radical (unpaired) electrons. The summed E-state index contributed by atoms with van der Waals surface area (Å²) in [4.78, 5) is 22.2. The van der Waals surface area contributed by atoms with Crippen molar-refractivity contribution in [3.05, 3.63) is 42.0 Å². The quantitative estimate of drug-likeness (QED) is 0.457. The summed E-state index contributed by atoms with van der Waals surface area (Å²) in [6.07, 6.45) is 0.750. The second-order valence-electron chi connectivity index (χ2n) is 4.72. The molecule has 0 unspecified atom stereocenters. The molecule has 3 nitrogen and oxygen atoms in total. The van der Waals surface area contributed by atoms with E-state index in [1.807, 2.05) is 0 Å². The van der Waals surface area contributed by atoms with Crippen LogP contribution in [0.1, 0.15) is 36.7 Å². The van der Waals surface area contributed by atoms with E-state index in [2.05, 4.69) is 6.58 Å². The van der Waals surface area contributed by atoms with Gasteiger partial charge in [-0.2, -0.15) is 0 Å². The molecule has 0 spiro atoms. The van der Waals surface area contributed by atoms with E-state index in [-0.39, 0.29) is 5.57 Å². The maximum atomic E-state index is 11.7. The van der Waals surface area contributed by atoms with Crippen LogP contribution in [0, 0.1) is 0 Å². The number of benzene rings is 1. The second kappa shape index (κ2) is 4.95. The van der Waals surface area contributed by atoms with Gasteiger partial charge in [0.15, 0.2) is 0 Å². The highest BCUT2D eigenvalue weighted by Crippen LogP contribution is 2.18. The largest absolute Gasteiger partial charge is 0.456 e. The minimum Gasteiger partial charge on any atom is -0.456 e. The molecule has 1 rings (SSSR count). The Morgan fingerprint density at radius 3 is 2.18 bits per heavy atom. The van der Waals surface area contributed by atoms with Crippen molar-refractivity contribution >= 4 is 17.8 Å². The summed E-state index contributed by atoms with van der Waals surface area (Å²) in [6, 6.07) is 6.63. The molecule has 0 aliphatic carbocycles. The molecule has 0 amide bonds. The third kappa shape index (κ3) is 3.87. The molecule has 90 valence electrons. The standard InChI is InChI=1S/C14H16O3/c1-10(13(16)17-14(2,3)4)12-7-5-11(9-15)6-8-12/h5-9H,1H2,2-4H3. The Balaban J connectivity index is 2.82. The highest BCUT2D eigenvalue weighted by Gasteiger charge is 2.19. The highest BCUT2D eigenvalue weighted by atomic mass is 16.6.